The second-order valence-electron chi connectivity index (χ2n) is 22.6. The minimum atomic E-state index is -0.0396. The van der Waals surface area contributed by atoms with Gasteiger partial charge in [-0.25, -0.2) is 4.98 Å². The topological polar surface area (TPSA) is 35.9 Å². The Kier molecular flexibility index (Phi) is 11.6. The lowest BCUT2D eigenvalue weighted by atomic mass is 9.78. The first-order chi connectivity index (χ1) is 34.6. The van der Waals surface area contributed by atoms with Crippen molar-refractivity contribution in [2.45, 2.75) is 79.6 Å². The predicted molar refractivity (Wildman–Crippen MR) is 299 cm³/mol. The molecule has 3 aromatic heterocycles. The Morgan fingerprint density at radius 2 is 1.07 bits per heavy atom. The van der Waals surface area contributed by atoms with E-state index in [2.05, 4.69) is 277 Å². The Bertz CT molecular complexity index is 3770. The van der Waals surface area contributed by atoms with Crippen LogP contribution >= 0.6 is 0 Å². The fourth-order valence-corrected chi connectivity index (χ4v) is 10.2. The largest absolute Gasteiger partial charge is 0.458 e. The van der Waals surface area contributed by atoms with Crippen LogP contribution in [-0.2, 0) is 17.3 Å². The number of imidazole rings is 1. The molecule has 0 N–H and O–H groups in total. The van der Waals surface area contributed by atoms with E-state index in [4.69, 9.17) is 9.72 Å². The molecule has 3 heterocycles. The lowest BCUT2D eigenvalue weighted by molar-refractivity contribution is -0.571. The van der Waals surface area contributed by atoms with Crippen LogP contribution in [0, 0.1) is 11.7 Å². The van der Waals surface area contributed by atoms with Gasteiger partial charge in [0.25, 0.3) is 6.33 Å². The molecule has 0 aliphatic carbocycles. The van der Waals surface area contributed by atoms with Crippen molar-refractivity contribution in [3.63, 3.8) is 0 Å². The van der Waals surface area contributed by atoms with Gasteiger partial charge >= 0.3 is 0 Å². The molecule has 0 bridgehead atoms. The number of fused-ring (bicyclic) bond motifs is 4. The maximum Gasteiger partial charge on any atom is 0.269 e. The molecule has 0 saturated heterocycles. The van der Waals surface area contributed by atoms with Gasteiger partial charge in [0.05, 0.1) is 33.4 Å². The number of benzene rings is 8. The van der Waals surface area contributed by atoms with E-state index in [0.717, 1.165) is 79.3 Å². The van der Waals surface area contributed by atoms with Crippen LogP contribution in [0.1, 0.15) is 79.0 Å². The van der Waals surface area contributed by atoms with Gasteiger partial charge in [-0.05, 0) is 110 Å². The Balaban J connectivity index is 1.03. The van der Waals surface area contributed by atoms with Gasteiger partial charge in [-0.15, -0.1) is 0 Å². The molecule has 5 heteroatoms. The summed E-state index contributed by atoms with van der Waals surface area (Å²) in [6, 6.07) is 69.5. The predicted octanol–water partition coefficient (Wildman–Crippen LogP) is 17.2. The molecule has 5 nitrogen and oxygen atoms in total. The van der Waals surface area contributed by atoms with Gasteiger partial charge in [0.1, 0.15) is 17.3 Å². The van der Waals surface area contributed by atoms with Gasteiger partial charge in [0, 0.05) is 28.6 Å². The number of ether oxygens (including phenoxy) is 1. The molecular formula is C67H62N4O. The van der Waals surface area contributed by atoms with Gasteiger partial charge in [0.2, 0.25) is 0 Å². The van der Waals surface area contributed by atoms with Crippen LogP contribution in [0.3, 0.4) is 0 Å². The van der Waals surface area contributed by atoms with E-state index in [9.17, 15) is 0 Å². The number of hydrogen-bond acceptors (Lipinski definition) is 2. The molecule has 8 aromatic carbocycles. The van der Waals surface area contributed by atoms with Crippen LogP contribution < -0.4 is 9.30 Å². The summed E-state index contributed by atoms with van der Waals surface area (Å²) in [6.45, 7) is 20.7. The minimum absolute atomic E-state index is 0.0396. The van der Waals surface area contributed by atoms with Crippen molar-refractivity contribution in [3.05, 3.63) is 223 Å². The van der Waals surface area contributed by atoms with Crippen molar-refractivity contribution in [2.75, 3.05) is 0 Å². The lowest BCUT2D eigenvalue weighted by Crippen LogP contribution is -2.31. The summed E-state index contributed by atoms with van der Waals surface area (Å²) in [5.74, 6) is 2.35. The van der Waals surface area contributed by atoms with E-state index in [1.54, 1.807) is 0 Å². The molecule has 0 amide bonds. The van der Waals surface area contributed by atoms with Crippen LogP contribution in [-0.4, -0.2) is 14.1 Å². The SMILES string of the molecule is CC(C)(C)Cc1cc(-n2c3ccccc3c3ccc(Oc4cccc(-n5[c-][n+](-c6c(-c7ccccc7)cccc6-c6cc(C(C)(C)C)cc(C(C)(C)C)c6)c6ccccc65)c4)cc32)ncc1-c1ccccc1. The molecule has 0 saturated carbocycles. The normalized spacial score (nSPS) is 12.3. The fraction of sp³-hybridized carbons (Fsp3) is 0.194. The summed E-state index contributed by atoms with van der Waals surface area (Å²) in [4.78, 5) is 5.18. The first-order valence-corrected chi connectivity index (χ1v) is 25.2. The van der Waals surface area contributed by atoms with E-state index in [1.165, 1.54) is 38.8 Å². The number of aromatic nitrogens is 4. The van der Waals surface area contributed by atoms with E-state index in [0.29, 0.717) is 0 Å². The van der Waals surface area contributed by atoms with Crippen molar-refractivity contribution >= 4 is 32.8 Å². The summed E-state index contributed by atoms with van der Waals surface area (Å²) in [6.07, 6.45) is 6.85. The Morgan fingerprint density at radius 3 is 1.75 bits per heavy atom. The van der Waals surface area contributed by atoms with Crippen molar-refractivity contribution < 1.29 is 9.30 Å². The van der Waals surface area contributed by atoms with Crippen LogP contribution in [0.4, 0.5) is 0 Å². The monoisotopic (exact) mass is 938 g/mol. The van der Waals surface area contributed by atoms with Crippen LogP contribution in [0.2, 0.25) is 0 Å². The first-order valence-electron chi connectivity index (χ1n) is 25.2. The maximum atomic E-state index is 6.87. The molecule has 11 rings (SSSR count). The number of para-hydroxylation sites is 4. The number of nitrogens with zero attached hydrogens (tertiary/aromatic N) is 4. The highest BCUT2D eigenvalue weighted by atomic mass is 16.5. The average Bonchev–Trinajstić information content (AvgIpc) is 3.91. The fourth-order valence-electron chi connectivity index (χ4n) is 10.2. The molecule has 0 radical (unpaired) electrons. The third-order valence-electron chi connectivity index (χ3n) is 13.9. The Labute approximate surface area is 424 Å². The smallest absolute Gasteiger partial charge is 0.269 e. The second kappa shape index (κ2) is 18.0. The lowest BCUT2D eigenvalue weighted by Gasteiger charge is -2.27. The molecule has 0 spiro atoms. The molecule has 0 aliphatic rings. The standard InChI is InChI=1S/C67H62N4O/c1-65(2,3)42-48-38-63(68-43-58(48)46-24-14-11-15-25-46)71-59-31-17-16-28-56(59)57-35-34-53(41-62(57)71)72-52-27-20-26-51(40-52)69-44-70(61-33-19-18-32-60(61)69)64-54(45-22-12-10-13-23-45)29-21-30-55(64)47-36-49(66(4,5)6)39-50(37-47)67(7,8)9/h10-41,43H,42H2,1-9H3. The minimum Gasteiger partial charge on any atom is -0.458 e. The Morgan fingerprint density at radius 1 is 0.486 bits per heavy atom. The summed E-state index contributed by atoms with van der Waals surface area (Å²) in [5, 5.41) is 2.31. The zero-order chi connectivity index (χ0) is 49.9. The molecule has 356 valence electrons. The van der Waals surface area contributed by atoms with Crippen molar-refractivity contribution in [3.8, 4) is 62.1 Å². The summed E-state index contributed by atoms with van der Waals surface area (Å²) >= 11 is 0. The molecule has 0 atom stereocenters. The van der Waals surface area contributed by atoms with Crippen LogP contribution in [0.25, 0.3) is 83.4 Å². The molecule has 11 aromatic rings. The van der Waals surface area contributed by atoms with Crippen molar-refractivity contribution in [1.82, 2.24) is 14.1 Å². The highest BCUT2D eigenvalue weighted by molar-refractivity contribution is 6.09. The van der Waals surface area contributed by atoms with Gasteiger partial charge in [-0.3, -0.25) is 13.7 Å². The van der Waals surface area contributed by atoms with E-state index in [-0.39, 0.29) is 16.2 Å². The van der Waals surface area contributed by atoms with Crippen molar-refractivity contribution in [2.24, 2.45) is 5.41 Å². The second-order valence-corrected chi connectivity index (χ2v) is 22.6. The first kappa shape index (κ1) is 46.4. The average molecular weight is 939 g/mol. The van der Waals surface area contributed by atoms with E-state index < -0.39 is 0 Å². The summed E-state index contributed by atoms with van der Waals surface area (Å²) < 4.78 is 13.6. The third kappa shape index (κ3) is 8.89. The van der Waals surface area contributed by atoms with E-state index in [1.807, 2.05) is 6.07 Å². The molecule has 72 heavy (non-hydrogen) atoms. The zero-order valence-corrected chi connectivity index (χ0v) is 43.0. The van der Waals surface area contributed by atoms with E-state index >= 15 is 0 Å². The third-order valence-corrected chi connectivity index (χ3v) is 13.9. The summed E-state index contributed by atoms with van der Waals surface area (Å²) in [7, 11) is 0. The van der Waals surface area contributed by atoms with Gasteiger partial charge < -0.3 is 4.74 Å². The number of pyridine rings is 1. The van der Waals surface area contributed by atoms with Crippen LogP contribution in [0.5, 0.6) is 11.5 Å². The number of rotatable bonds is 9. The van der Waals surface area contributed by atoms with Gasteiger partial charge in [0.15, 0.2) is 0 Å². The molecule has 0 unspecified atom stereocenters. The van der Waals surface area contributed by atoms with Gasteiger partial charge in [-0.2, -0.15) is 0 Å². The molecule has 0 fully saturated rings. The molecular weight excluding hydrogens is 877 g/mol. The van der Waals surface area contributed by atoms with Gasteiger partial charge in [-0.1, -0.05) is 208 Å². The quantitative estimate of drug-likeness (QED) is 0.107. The highest BCUT2D eigenvalue weighted by Crippen LogP contribution is 2.41. The summed E-state index contributed by atoms with van der Waals surface area (Å²) in [5.41, 5.74) is 17.1. The number of hydrogen-bond donors (Lipinski definition) is 0. The highest BCUT2D eigenvalue weighted by Gasteiger charge is 2.25. The Hall–Kier alpha value is -8.02. The van der Waals surface area contributed by atoms with Crippen LogP contribution in [0.15, 0.2) is 200 Å². The van der Waals surface area contributed by atoms with Crippen molar-refractivity contribution in [1.29, 1.82) is 0 Å². The zero-order valence-electron chi connectivity index (χ0n) is 43.0. The molecule has 0 aliphatic heterocycles. The maximum absolute atomic E-state index is 6.87.